The fraction of sp³-hybridized carbons (Fsp3) is 0.385. The lowest BCUT2D eigenvalue weighted by molar-refractivity contribution is -0.152. The first-order valence-electron chi connectivity index (χ1n) is 11.1. The van der Waals surface area contributed by atoms with Gasteiger partial charge in [-0.25, -0.2) is 4.79 Å². The van der Waals surface area contributed by atoms with Gasteiger partial charge >= 0.3 is 5.97 Å². The van der Waals surface area contributed by atoms with Gasteiger partial charge in [0.25, 0.3) is 0 Å². The van der Waals surface area contributed by atoms with Crippen molar-refractivity contribution in [3.8, 4) is 5.75 Å². The quantitative estimate of drug-likeness (QED) is 0.317. The Morgan fingerprint density at radius 2 is 1.70 bits per heavy atom. The number of aliphatic carboxylic acids is 1. The van der Waals surface area contributed by atoms with Gasteiger partial charge in [0.2, 0.25) is 0 Å². The highest BCUT2D eigenvalue weighted by molar-refractivity contribution is 7.17. The molecule has 5 nitrogen and oxygen atoms in total. The Balaban J connectivity index is 0.000000245. The summed E-state index contributed by atoms with van der Waals surface area (Å²) in [5.74, 6) is -0.237. The summed E-state index contributed by atoms with van der Waals surface area (Å²) in [6, 6.07) is 14.7. The molecule has 1 aromatic heterocycles. The molecule has 7 heteroatoms. The van der Waals surface area contributed by atoms with Gasteiger partial charge in [0, 0.05) is 32.5 Å². The SMILES string of the molecule is CC(C)(Oc1ccc(Cl)cc1)C(=O)O.CCN(CC)CCCC(=O)c1csc2ccccc12. The van der Waals surface area contributed by atoms with Gasteiger partial charge in [-0.3, -0.25) is 4.79 Å². The first kappa shape index (κ1) is 26.8. The summed E-state index contributed by atoms with van der Waals surface area (Å²) in [6.45, 7) is 10.4. The number of carboxylic acid groups (broad SMARTS) is 1. The average Bonchev–Trinajstić information content (AvgIpc) is 3.23. The lowest BCUT2D eigenvalue weighted by Gasteiger charge is -2.21. The molecule has 0 aliphatic carbocycles. The number of thiophene rings is 1. The summed E-state index contributed by atoms with van der Waals surface area (Å²) in [6.07, 6.45) is 1.60. The highest BCUT2D eigenvalue weighted by Crippen LogP contribution is 2.27. The number of rotatable bonds is 10. The summed E-state index contributed by atoms with van der Waals surface area (Å²) in [5.41, 5.74) is -0.325. The van der Waals surface area contributed by atoms with Crippen LogP contribution in [0, 0.1) is 0 Å². The van der Waals surface area contributed by atoms with Crippen molar-refractivity contribution in [3.05, 3.63) is 64.5 Å². The van der Waals surface area contributed by atoms with E-state index in [0.717, 1.165) is 37.0 Å². The van der Waals surface area contributed by atoms with Crippen molar-refractivity contribution in [2.24, 2.45) is 0 Å². The number of carbonyl (C=O) groups excluding carboxylic acids is 1. The lowest BCUT2D eigenvalue weighted by Crippen LogP contribution is -2.37. The number of nitrogens with zero attached hydrogens (tertiary/aromatic N) is 1. The van der Waals surface area contributed by atoms with Crippen molar-refractivity contribution in [3.63, 3.8) is 0 Å². The number of ketones is 1. The van der Waals surface area contributed by atoms with E-state index in [0.29, 0.717) is 17.2 Å². The molecule has 0 spiro atoms. The molecule has 0 atom stereocenters. The Bertz CT molecular complexity index is 1040. The van der Waals surface area contributed by atoms with Crippen LogP contribution in [0.4, 0.5) is 0 Å². The number of benzene rings is 2. The number of carbonyl (C=O) groups is 2. The summed E-state index contributed by atoms with van der Waals surface area (Å²) in [7, 11) is 0. The van der Waals surface area contributed by atoms with Crippen LogP contribution in [-0.4, -0.2) is 47.0 Å². The average molecular weight is 490 g/mol. The largest absolute Gasteiger partial charge is 0.478 e. The highest BCUT2D eigenvalue weighted by Gasteiger charge is 2.29. The Hall–Kier alpha value is -2.41. The normalized spacial score (nSPS) is 11.2. The Morgan fingerprint density at radius 1 is 1.06 bits per heavy atom. The van der Waals surface area contributed by atoms with E-state index in [1.807, 2.05) is 23.6 Å². The molecule has 0 amide bonds. The Morgan fingerprint density at radius 3 is 2.30 bits per heavy atom. The van der Waals surface area contributed by atoms with Crippen molar-refractivity contribution >= 4 is 44.8 Å². The van der Waals surface area contributed by atoms with Crippen LogP contribution in [-0.2, 0) is 4.79 Å². The summed E-state index contributed by atoms with van der Waals surface area (Å²) < 4.78 is 6.46. The fourth-order valence-electron chi connectivity index (χ4n) is 3.17. The third kappa shape index (κ3) is 8.14. The summed E-state index contributed by atoms with van der Waals surface area (Å²) in [5, 5.41) is 12.5. The van der Waals surface area contributed by atoms with Crippen molar-refractivity contribution in [1.82, 2.24) is 4.90 Å². The van der Waals surface area contributed by atoms with Crippen molar-refractivity contribution in [2.45, 2.75) is 46.1 Å². The van der Waals surface area contributed by atoms with Gasteiger partial charge in [-0.1, -0.05) is 43.6 Å². The van der Waals surface area contributed by atoms with Gasteiger partial charge in [0.15, 0.2) is 11.4 Å². The molecule has 0 saturated heterocycles. The molecular weight excluding hydrogens is 458 g/mol. The van der Waals surface area contributed by atoms with Gasteiger partial charge < -0.3 is 14.7 Å². The first-order valence-corrected chi connectivity index (χ1v) is 12.3. The van der Waals surface area contributed by atoms with Crippen molar-refractivity contribution in [1.29, 1.82) is 0 Å². The Labute approximate surface area is 204 Å². The van der Waals surface area contributed by atoms with Crippen LogP contribution in [0.3, 0.4) is 0 Å². The third-order valence-corrected chi connectivity index (χ3v) is 6.47. The molecule has 1 heterocycles. The third-order valence-electron chi connectivity index (χ3n) is 5.26. The van der Waals surface area contributed by atoms with E-state index in [2.05, 4.69) is 24.8 Å². The van der Waals surface area contributed by atoms with Crippen LogP contribution in [0.2, 0.25) is 5.02 Å². The molecule has 2 aromatic carbocycles. The molecular formula is C26H32ClNO4S. The minimum atomic E-state index is -1.23. The van der Waals surface area contributed by atoms with Gasteiger partial charge in [0.05, 0.1) is 0 Å². The van der Waals surface area contributed by atoms with E-state index in [-0.39, 0.29) is 5.78 Å². The standard InChI is InChI=1S/C16H21NOS.C10H11ClO3/c1-3-17(4-2)11-7-9-15(18)14-12-19-16-10-6-5-8-13(14)16;1-10(2,9(12)13)14-8-5-3-7(11)4-6-8/h5-6,8,10,12H,3-4,7,9,11H2,1-2H3;3-6H,1-2H3,(H,12,13). The maximum Gasteiger partial charge on any atom is 0.347 e. The number of ether oxygens (including phenoxy) is 1. The second-order valence-corrected chi connectivity index (χ2v) is 9.42. The van der Waals surface area contributed by atoms with Gasteiger partial charge in [0.1, 0.15) is 5.75 Å². The van der Waals surface area contributed by atoms with E-state index < -0.39 is 11.6 Å². The van der Waals surface area contributed by atoms with E-state index in [4.69, 9.17) is 21.4 Å². The van der Waals surface area contributed by atoms with Crippen molar-refractivity contribution in [2.75, 3.05) is 19.6 Å². The van der Waals surface area contributed by atoms with Crippen LogP contribution in [0.1, 0.15) is 50.9 Å². The monoisotopic (exact) mass is 489 g/mol. The van der Waals surface area contributed by atoms with Crippen LogP contribution >= 0.6 is 22.9 Å². The molecule has 0 bridgehead atoms. The lowest BCUT2D eigenvalue weighted by atomic mass is 10.1. The van der Waals surface area contributed by atoms with Gasteiger partial charge in [-0.2, -0.15) is 0 Å². The molecule has 0 unspecified atom stereocenters. The smallest absolute Gasteiger partial charge is 0.347 e. The van der Waals surface area contributed by atoms with E-state index in [9.17, 15) is 9.59 Å². The topological polar surface area (TPSA) is 66.8 Å². The minimum Gasteiger partial charge on any atom is -0.478 e. The Kier molecular flexibility index (Phi) is 10.4. The fourth-order valence-corrected chi connectivity index (χ4v) is 4.26. The van der Waals surface area contributed by atoms with Crippen LogP contribution < -0.4 is 4.74 Å². The maximum absolute atomic E-state index is 12.3. The molecule has 0 aliphatic rings. The van der Waals surface area contributed by atoms with Gasteiger partial charge in [-0.05, 0) is 70.2 Å². The zero-order chi connectivity index (χ0) is 24.4. The molecule has 3 rings (SSSR count). The minimum absolute atomic E-state index is 0.282. The number of fused-ring (bicyclic) bond motifs is 1. The number of halogens is 1. The molecule has 1 N–H and O–H groups in total. The van der Waals surface area contributed by atoms with Crippen LogP contribution in [0.5, 0.6) is 5.75 Å². The number of Topliss-reactive ketones (excluding diaryl/α,β-unsaturated/α-hetero) is 1. The molecule has 0 aliphatic heterocycles. The van der Waals surface area contributed by atoms with Gasteiger partial charge in [-0.15, -0.1) is 11.3 Å². The first-order chi connectivity index (χ1) is 15.7. The predicted octanol–water partition coefficient (Wildman–Crippen LogP) is 6.79. The van der Waals surface area contributed by atoms with E-state index in [1.165, 1.54) is 18.5 Å². The molecule has 0 fully saturated rings. The van der Waals surface area contributed by atoms with E-state index in [1.54, 1.807) is 35.6 Å². The highest BCUT2D eigenvalue weighted by atomic mass is 35.5. The summed E-state index contributed by atoms with van der Waals surface area (Å²) >= 11 is 7.33. The number of hydrogen-bond acceptors (Lipinski definition) is 5. The van der Waals surface area contributed by atoms with Crippen molar-refractivity contribution < 1.29 is 19.4 Å². The molecule has 33 heavy (non-hydrogen) atoms. The molecule has 0 saturated carbocycles. The second kappa shape index (κ2) is 12.7. The van der Waals surface area contributed by atoms with E-state index >= 15 is 0 Å². The molecule has 0 radical (unpaired) electrons. The van der Waals surface area contributed by atoms with Crippen LogP contribution in [0.15, 0.2) is 53.9 Å². The van der Waals surface area contributed by atoms with Crippen LogP contribution in [0.25, 0.3) is 10.1 Å². The number of hydrogen-bond donors (Lipinski definition) is 1. The molecule has 3 aromatic rings. The number of carboxylic acids is 1. The zero-order valence-corrected chi connectivity index (χ0v) is 21.2. The molecule has 178 valence electrons. The zero-order valence-electron chi connectivity index (χ0n) is 19.6. The second-order valence-electron chi connectivity index (χ2n) is 8.07. The summed E-state index contributed by atoms with van der Waals surface area (Å²) in [4.78, 5) is 25.4. The maximum atomic E-state index is 12.3. The predicted molar refractivity (Wildman–Crippen MR) is 137 cm³/mol.